The van der Waals surface area contributed by atoms with E-state index in [9.17, 15) is 4.39 Å². The Bertz CT molecular complexity index is 559. The second-order valence-electron chi connectivity index (χ2n) is 5.28. The van der Waals surface area contributed by atoms with Crippen molar-refractivity contribution in [2.45, 2.75) is 12.5 Å². The fourth-order valence-corrected chi connectivity index (χ4v) is 2.60. The summed E-state index contributed by atoms with van der Waals surface area (Å²) in [5.41, 5.74) is 2.15. The van der Waals surface area contributed by atoms with Crippen molar-refractivity contribution in [3.05, 3.63) is 65.7 Å². The molecular formula is C17H19FN2O. The maximum Gasteiger partial charge on any atom is 0.123 e. The standard InChI is InChI=1S/C17H19FN2O/c18-15-6-4-14(5-7-15)17-13-20(11-12-21-17)10-8-16-3-1-2-9-19-16/h1-7,9,17H,8,10-13H2. The van der Waals surface area contributed by atoms with Gasteiger partial charge >= 0.3 is 0 Å². The van der Waals surface area contributed by atoms with Crippen LogP contribution in [-0.4, -0.2) is 36.1 Å². The molecule has 2 aromatic rings. The molecule has 0 aliphatic carbocycles. The van der Waals surface area contributed by atoms with Gasteiger partial charge in [-0.25, -0.2) is 4.39 Å². The third kappa shape index (κ3) is 3.86. The first-order chi connectivity index (χ1) is 10.3. The first kappa shape index (κ1) is 14.2. The van der Waals surface area contributed by atoms with Gasteiger partial charge in [0.05, 0.1) is 12.7 Å². The van der Waals surface area contributed by atoms with E-state index in [-0.39, 0.29) is 11.9 Å². The molecule has 0 saturated carbocycles. The minimum atomic E-state index is -0.207. The Morgan fingerprint density at radius 2 is 2.05 bits per heavy atom. The summed E-state index contributed by atoms with van der Waals surface area (Å²) >= 11 is 0. The van der Waals surface area contributed by atoms with Crippen molar-refractivity contribution in [2.24, 2.45) is 0 Å². The zero-order chi connectivity index (χ0) is 14.5. The average Bonchev–Trinajstić information content (AvgIpc) is 2.55. The van der Waals surface area contributed by atoms with Gasteiger partial charge < -0.3 is 4.74 Å². The van der Waals surface area contributed by atoms with E-state index in [0.29, 0.717) is 6.61 Å². The molecule has 4 heteroatoms. The van der Waals surface area contributed by atoms with Crippen LogP contribution in [0.3, 0.4) is 0 Å². The van der Waals surface area contributed by atoms with Crippen LogP contribution in [0.2, 0.25) is 0 Å². The molecule has 3 nitrogen and oxygen atoms in total. The van der Waals surface area contributed by atoms with Crippen LogP contribution in [0.25, 0.3) is 0 Å². The smallest absolute Gasteiger partial charge is 0.123 e. The van der Waals surface area contributed by atoms with Gasteiger partial charge in [-0.2, -0.15) is 0 Å². The number of hydrogen-bond acceptors (Lipinski definition) is 3. The van der Waals surface area contributed by atoms with Crippen molar-refractivity contribution >= 4 is 0 Å². The monoisotopic (exact) mass is 286 g/mol. The normalized spacial score (nSPS) is 19.6. The second kappa shape index (κ2) is 6.78. The molecule has 0 amide bonds. The van der Waals surface area contributed by atoms with E-state index >= 15 is 0 Å². The van der Waals surface area contributed by atoms with Crippen molar-refractivity contribution < 1.29 is 9.13 Å². The Labute approximate surface area is 124 Å². The van der Waals surface area contributed by atoms with Crippen LogP contribution in [0.15, 0.2) is 48.7 Å². The van der Waals surface area contributed by atoms with Crippen molar-refractivity contribution in [1.29, 1.82) is 0 Å². The van der Waals surface area contributed by atoms with E-state index in [1.165, 1.54) is 12.1 Å². The maximum atomic E-state index is 13.0. The molecule has 1 aromatic carbocycles. The van der Waals surface area contributed by atoms with Gasteiger partial charge in [-0.05, 0) is 29.8 Å². The summed E-state index contributed by atoms with van der Waals surface area (Å²) in [6.07, 6.45) is 2.80. The number of rotatable bonds is 4. The van der Waals surface area contributed by atoms with E-state index < -0.39 is 0 Å². The molecule has 1 unspecified atom stereocenters. The van der Waals surface area contributed by atoms with Crippen LogP contribution in [0.1, 0.15) is 17.4 Å². The van der Waals surface area contributed by atoms with Gasteiger partial charge in [0.25, 0.3) is 0 Å². The van der Waals surface area contributed by atoms with Crippen molar-refractivity contribution in [3.63, 3.8) is 0 Å². The lowest BCUT2D eigenvalue weighted by atomic mass is 10.1. The minimum Gasteiger partial charge on any atom is -0.371 e. The second-order valence-corrected chi connectivity index (χ2v) is 5.28. The first-order valence-corrected chi connectivity index (χ1v) is 7.30. The number of nitrogens with zero attached hydrogens (tertiary/aromatic N) is 2. The van der Waals surface area contributed by atoms with Gasteiger partial charge in [-0.3, -0.25) is 9.88 Å². The average molecular weight is 286 g/mol. The molecule has 0 N–H and O–H groups in total. The molecule has 0 bridgehead atoms. The van der Waals surface area contributed by atoms with Crippen LogP contribution in [0, 0.1) is 5.82 Å². The SMILES string of the molecule is Fc1ccc(C2CN(CCc3ccccn3)CCO2)cc1. The summed E-state index contributed by atoms with van der Waals surface area (Å²) in [6.45, 7) is 3.46. The molecule has 0 spiro atoms. The number of pyridine rings is 1. The lowest BCUT2D eigenvalue weighted by Crippen LogP contribution is -2.39. The summed E-state index contributed by atoms with van der Waals surface area (Å²) in [5, 5.41) is 0. The van der Waals surface area contributed by atoms with Crippen molar-refractivity contribution in [1.82, 2.24) is 9.88 Å². The highest BCUT2D eigenvalue weighted by atomic mass is 19.1. The maximum absolute atomic E-state index is 13.0. The predicted octanol–water partition coefficient (Wildman–Crippen LogP) is 2.84. The topological polar surface area (TPSA) is 25.4 Å². The van der Waals surface area contributed by atoms with Gasteiger partial charge in [0.15, 0.2) is 0 Å². The molecule has 1 fully saturated rings. The zero-order valence-corrected chi connectivity index (χ0v) is 11.9. The summed E-state index contributed by atoms with van der Waals surface area (Å²) in [4.78, 5) is 6.73. The Morgan fingerprint density at radius 1 is 1.19 bits per heavy atom. The number of ether oxygens (including phenoxy) is 1. The molecule has 1 aliphatic rings. The highest BCUT2D eigenvalue weighted by molar-refractivity contribution is 5.19. The number of aromatic nitrogens is 1. The fraction of sp³-hybridized carbons (Fsp3) is 0.353. The molecular weight excluding hydrogens is 267 g/mol. The Hall–Kier alpha value is -1.78. The Morgan fingerprint density at radius 3 is 2.81 bits per heavy atom. The largest absolute Gasteiger partial charge is 0.371 e. The van der Waals surface area contributed by atoms with E-state index in [4.69, 9.17) is 4.74 Å². The summed E-state index contributed by atoms with van der Waals surface area (Å²) in [7, 11) is 0. The minimum absolute atomic E-state index is 0.0306. The first-order valence-electron chi connectivity index (χ1n) is 7.30. The van der Waals surface area contributed by atoms with Gasteiger partial charge in [0.1, 0.15) is 5.82 Å². The van der Waals surface area contributed by atoms with E-state index in [1.807, 2.05) is 30.5 Å². The van der Waals surface area contributed by atoms with Crippen LogP contribution in [0.4, 0.5) is 4.39 Å². The van der Waals surface area contributed by atoms with Crippen LogP contribution in [-0.2, 0) is 11.2 Å². The lowest BCUT2D eigenvalue weighted by Gasteiger charge is -2.33. The number of morpholine rings is 1. The number of benzene rings is 1. The molecule has 110 valence electrons. The summed E-state index contributed by atoms with van der Waals surface area (Å²) in [6, 6.07) is 12.6. The molecule has 1 aromatic heterocycles. The molecule has 21 heavy (non-hydrogen) atoms. The highest BCUT2D eigenvalue weighted by Gasteiger charge is 2.21. The van der Waals surface area contributed by atoms with E-state index in [0.717, 1.165) is 37.3 Å². The van der Waals surface area contributed by atoms with Crippen molar-refractivity contribution in [2.75, 3.05) is 26.2 Å². The molecule has 3 rings (SSSR count). The van der Waals surface area contributed by atoms with Crippen molar-refractivity contribution in [3.8, 4) is 0 Å². The molecule has 1 aliphatic heterocycles. The summed E-state index contributed by atoms with van der Waals surface area (Å²) < 4.78 is 18.8. The molecule has 1 atom stereocenters. The predicted molar refractivity (Wildman–Crippen MR) is 79.5 cm³/mol. The van der Waals surface area contributed by atoms with E-state index in [1.54, 1.807) is 0 Å². The zero-order valence-electron chi connectivity index (χ0n) is 11.9. The third-order valence-corrected chi connectivity index (χ3v) is 3.80. The lowest BCUT2D eigenvalue weighted by molar-refractivity contribution is -0.0296. The highest BCUT2D eigenvalue weighted by Crippen LogP contribution is 2.22. The van der Waals surface area contributed by atoms with Crippen LogP contribution >= 0.6 is 0 Å². The van der Waals surface area contributed by atoms with Crippen LogP contribution < -0.4 is 0 Å². The number of halogens is 1. The Kier molecular flexibility index (Phi) is 4.58. The quantitative estimate of drug-likeness (QED) is 0.864. The molecule has 1 saturated heterocycles. The van der Waals surface area contributed by atoms with Gasteiger partial charge in [-0.1, -0.05) is 18.2 Å². The molecule has 2 heterocycles. The molecule has 0 radical (unpaired) electrons. The van der Waals surface area contributed by atoms with Gasteiger partial charge in [0.2, 0.25) is 0 Å². The Balaban J connectivity index is 1.57. The third-order valence-electron chi connectivity index (χ3n) is 3.80. The van der Waals surface area contributed by atoms with Gasteiger partial charge in [-0.15, -0.1) is 0 Å². The van der Waals surface area contributed by atoms with Gasteiger partial charge in [0, 0.05) is 37.9 Å². The van der Waals surface area contributed by atoms with E-state index in [2.05, 4.69) is 16.0 Å². The fourth-order valence-electron chi connectivity index (χ4n) is 2.60. The number of hydrogen-bond donors (Lipinski definition) is 0. The summed E-state index contributed by atoms with van der Waals surface area (Å²) in [5.74, 6) is -0.207. The van der Waals surface area contributed by atoms with Crippen LogP contribution in [0.5, 0.6) is 0 Å².